The Morgan fingerprint density at radius 1 is 0.950 bits per heavy atom. The molecule has 0 aliphatic heterocycles. The van der Waals surface area contributed by atoms with Crippen LogP contribution in [0.15, 0.2) is 30.5 Å². The van der Waals surface area contributed by atoms with Gasteiger partial charge in [-0.2, -0.15) is 0 Å². The van der Waals surface area contributed by atoms with E-state index in [4.69, 9.17) is 46.4 Å². The zero-order valence-corrected chi connectivity index (χ0v) is 12.8. The monoisotopic (exact) mass is 349 g/mol. The summed E-state index contributed by atoms with van der Waals surface area (Å²) in [6.45, 7) is 0. The number of nitrogens with one attached hydrogen (secondary N) is 2. The molecule has 1 aromatic carbocycles. The highest BCUT2D eigenvalue weighted by Crippen LogP contribution is 2.26. The summed E-state index contributed by atoms with van der Waals surface area (Å²) in [6.07, 6.45) is 1.38. The molecule has 0 spiro atoms. The number of halogens is 4. The van der Waals surface area contributed by atoms with Crippen molar-refractivity contribution in [2.45, 2.75) is 0 Å². The molecule has 1 heterocycles. The number of carbonyl (C=O) groups is 1. The lowest BCUT2D eigenvalue weighted by molar-refractivity contribution is 0.262. The summed E-state index contributed by atoms with van der Waals surface area (Å²) in [6, 6.07) is 5.68. The predicted molar refractivity (Wildman–Crippen MR) is 83.4 cm³/mol. The average molecular weight is 351 g/mol. The van der Waals surface area contributed by atoms with Crippen LogP contribution in [0.5, 0.6) is 0 Å². The SMILES string of the molecule is O=C(Nc1ccc(Cl)c(Cl)c1)Nc1ncc(Cl)cc1Cl. The molecular formula is C12H7Cl4N3O. The van der Waals surface area contributed by atoms with Crippen LogP contribution in [0.1, 0.15) is 0 Å². The first-order valence-electron chi connectivity index (χ1n) is 5.30. The topological polar surface area (TPSA) is 54.0 Å². The number of nitrogens with zero attached hydrogens (tertiary/aromatic N) is 1. The van der Waals surface area contributed by atoms with Gasteiger partial charge in [0, 0.05) is 11.9 Å². The van der Waals surface area contributed by atoms with Gasteiger partial charge in [0.25, 0.3) is 0 Å². The van der Waals surface area contributed by atoms with Crippen LogP contribution in [-0.4, -0.2) is 11.0 Å². The molecule has 0 fully saturated rings. The third-order valence-electron chi connectivity index (χ3n) is 2.22. The first-order valence-corrected chi connectivity index (χ1v) is 6.81. The van der Waals surface area contributed by atoms with Gasteiger partial charge in [-0.25, -0.2) is 9.78 Å². The van der Waals surface area contributed by atoms with Crippen molar-refractivity contribution in [3.63, 3.8) is 0 Å². The first-order chi connectivity index (χ1) is 9.45. The number of aromatic nitrogens is 1. The largest absolute Gasteiger partial charge is 0.324 e. The van der Waals surface area contributed by atoms with Gasteiger partial charge in [-0.05, 0) is 24.3 Å². The number of hydrogen-bond acceptors (Lipinski definition) is 2. The summed E-state index contributed by atoms with van der Waals surface area (Å²) in [5.74, 6) is 0.202. The van der Waals surface area contributed by atoms with Crippen LogP contribution in [0, 0.1) is 0 Å². The highest BCUT2D eigenvalue weighted by Gasteiger charge is 2.08. The van der Waals surface area contributed by atoms with Gasteiger partial charge in [-0.15, -0.1) is 0 Å². The van der Waals surface area contributed by atoms with Crippen molar-refractivity contribution in [1.29, 1.82) is 0 Å². The standard InChI is InChI=1S/C12H7Cl4N3O/c13-6-3-10(16)11(17-5-6)19-12(20)18-7-1-2-8(14)9(15)4-7/h1-5H,(H2,17,18,19,20). The average Bonchev–Trinajstić information content (AvgIpc) is 2.37. The smallest absolute Gasteiger partial charge is 0.308 e. The molecule has 104 valence electrons. The second-order valence-electron chi connectivity index (χ2n) is 3.69. The van der Waals surface area contributed by atoms with Crippen molar-refractivity contribution in [1.82, 2.24) is 4.98 Å². The Morgan fingerprint density at radius 2 is 1.70 bits per heavy atom. The summed E-state index contributed by atoms with van der Waals surface area (Å²) in [5, 5.41) is 6.43. The molecule has 0 atom stereocenters. The molecule has 0 aliphatic carbocycles. The van der Waals surface area contributed by atoms with Gasteiger partial charge in [0.2, 0.25) is 0 Å². The van der Waals surface area contributed by atoms with E-state index in [1.54, 1.807) is 12.1 Å². The lowest BCUT2D eigenvalue weighted by atomic mass is 10.3. The van der Waals surface area contributed by atoms with E-state index in [-0.39, 0.29) is 10.8 Å². The van der Waals surface area contributed by atoms with Gasteiger partial charge < -0.3 is 5.32 Å². The fourth-order valence-electron chi connectivity index (χ4n) is 1.35. The number of rotatable bonds is 2. The molecule has 1 aromatic heterocycles. The van der Waals surface area contributed by atoms with E-state index in [1.165, 1.54) is 18.3 Å². The van der Waals surface area contributed by atoms with Crippen LogP contribution < -0.4 is 10.6 Å². The Labute approximate surface area is 135 Å². The fourth-order valence-corrected chi connectivity index (χ4v) is 2.08. The number of anilines is 2. The molecule has 0 saturated heterocycles. The summed E-state index contributed by atoms with van der Waals surface area (Å²) in [5.41, 5.74) is 0.488. The second kappa shape index (κ2) is 6.50. The zero-order valence-electron chi connectivity index (χ0n) is 9.75. The number of carbonyl (C=O) groups excluding carboxylic acids is 1. The molecule has 0 unspecified atom stereocenters. The zero-order chi connectivity index (χ0) is 14.7. The summed E-state index contributed by atoms with van der Waals surface area (Å²) >= 11 is 23.2. The number of hydrogen-bond donors (Lipinski definition) is 2. The number of benzene rings is 1. The maximum atomic E-state index is 11.8. The van der Waals surface area contributed by atoms with Crippen LogP contribution in [0.25, 0.3) is 0 Å². The molecule has 4 nitrogen and oxygen atoms in total. The van der Waals surface area contributed by atoms with Crippen LogP contribution in [0.3, 0.4) is 0 Å². The fraction of sp³-hybridized carbons (Fsp3) is 0. The third kappa shape index (κ3) is 3.90. The van der Waals surface area contributed by atoms with Crippen LogP contribution in [0.2, 0.25) is 20.1 Å². The van der Waals surface area contributed by atoms with Gasteiger partial charge in [-0.3, -0.25) is 5.32 Å². The second-order valence-corrected chi connectivity index (χ2v) is 5.35. The normalized spacial score (nSPS) is 10.2. The van der Waals surface area contributed by atoms with Crippen LogP contribution in [-0.2, 0) is 0 Å². The molecule has 2 aromatic rings. The van der Waals surface area contributed by atoms with E-state index in [1.807, 2.05) is 0 Å². The number of pyridine rings is 1. The van der Waals surface area contributed by atoms with Crippen molar-refractivity contribution >= 4 is 63.9 Å². The molecule has 0 radical (unpaired) electrons. The van der Waals surface area contributed by atoms with Crippen LogP contribution >= 0.6 is 46.4 Å². The van der Waals surface area contributed by atoms with E-state index >= 15 is 0 Å². The Kier molecular flexibility index (Phi) is 4.94. The van der Waals surface area contributed by atoms with Gasteiger partial charge >= 0.3 is 6.03 Å². The summed E-state index contributed by atoms with van der Waals surface area (Å²) < 4.78 is 0. The molecule has 0 bridgehead atoms. The Balaban J connectivity index is 2.07. The van der Waals surface area contributed by atoms with Crippen molar-refractivity contribution in [2.75, 3.05) is 10.6 Å². The quantitative estimate of drug-likeness (QED) is 0.768. The van der Waals surface area contributed by atoms with Crippen molar-refractivity contribution in [3.05, 3.63) is 50.6 Å². The molecular weight excluding hydrogens is 344 g/mol. The van der Waals surface area contributed by atoms with E-state index in [9.17, 15) is 4.79 Å². The van der Waals surface area contributed by atoms with Crippen molar-refractivity contribution in [3.8, 4) is 0 Å². The molecule has 0 saturated carbocycles. The van der Waals surface area contributed by atoms with E-state index in [0.717, 1.165) is 0 Å². The number of amides is 2. The van der Waals surface area contributed by atoms with Gasteiger partial charge in [0.05, 0.1) is 20.1 Å². The van der Waals surface area contributed by atoms with Gasteiger partial charge in [0.15, 0.2) is 5.82 Å². The molecule has 0 aliphatic rings. The van der Waals surface area contributed by atoms with Gasteiger partial charge in [-0.1, -0.05) is 46.4 Å². The highest BCUT2D eigenvalue weighted by atomic mass is 35.5. The summed E-state index contributed by atoms with van der Waals surface area (Å²) in [4.78, 5) is 15.7. The first kappa shape index (κ1) is 15.2. The van der Waals surface area contributed by atoms with Crippen LogP contribution in [0.4, 0.5) is 16.3 Å². The lowest BCUT2D eigenvalue weighted by Crippen LogP contribution is -2.20. The maximum Gasteiger partial charge on any atom is 0.324 e. The van der Waals surface area contributed by atoms with E-state index in [0.29, 0.717) is 20.8 Å². The Bertz CT molecular complexity index is 663. The molecule has 20 heavy (non-hydrogen) atoms. The lowest BCUT2D eigenvalue weighted by Gasteiger charge is -2.09. The predicted octanol–water partition coefficient (Wildman–Crippen LogP) is 5.34. The molecule has 2 rings (SSSR count). The van der Waals surface area contributed by atoms with Gasteiger partial charge in [0.1, 0.15) is 0 Å². The van der Waals surface area contributed by atoms with E-state index in [2.05, 4.69) is 15.6 Å². The molecule has 8 heteroatoms. The Hall–Kier alpha value is -1.20. The molecule has 2 N–H and O–H groups in total. The van der Waals surface area contributed by atoms with E-state index < -0.39 is 6.03 Å². The van der Waals surface area contributed by atoms with Crippen molar-refractivity contribution < 1.29 is 4.79 Å². The minimum absolute atomic E-state index is 0.202. The molecule has 2 amide bonds. The number of urea groups is 1. The third-order valence-corrected chi connectivity index (χ3v) is 3.45. The maximum absolute atomic E-state index is 11.8. The minimum atomic E-state index is -0.514. The highest BCUT2D eigenvalue weighted by molar-refractivity contribution is 6.42. The Morgan fingerprint density at radius 3 is 2.35 bits per heavy atom. The van der Waals surface area contributed by atoms with Crippen molar-refractivity contribution in [2.24, 2.45) is 0 Å². The summed E-state index contributed by atoms with van der Waals surface area (Å²) in [7, 11) is 0. The minimum Gasteiger partial charge on any atom is -0.308 e.